The molecule has 0 unspecified atom stereocenters. The van der Waals surface area contributed by atoms with Crippen LogP contribution in [0.1, 0.15) is 0 Å². The lowest BCUT2D eigenvalue weighted by molar-refractivity contribution is 0.185. The van der Waals surface area contributed by atoms with E-state index >= 15 is 0 Å². The van der Waals surface area contributed by atoms with Crippen LogP contribution in [-0.2, 0) is 5.11 Å². The molecule has 0 aromatic heterocycles. The summed E-state index contributed by atoms with van der Waals surface area (Å²) in [6.07, 6.45) is -1.30. The molecule has 0 saturated heterocycles. The number of amides is 1. The van der Waals surface area contributed by atoms with Gasteiger partial charge in [-0.05, 0) is 34.4 Å². The average molecular weight is 236 g/mol. The van der Waals surface area contributed by atoms with E-state index in [0.717, 1.165) is 21.5 Å². The fraction of sp³-hybridized carbons (Fsp3) is 0. The summed E-state index contributed by atoms with van der Waals surface area (Å²) >= 11 is 0. The van der Waals surface area contributed by atoms with Gasteiger partial charge in [0, 0.05) is 5.39 Å². The molecule has 3 nitrogen and oxygen atoms in total. The normalized spacial score (nSPS) is 10.7. The van der Waals surface area contributed by atoms with Gasteiger partial charge in [0.1, 0.15) is 0 Å². The van der Waals surface area contributed by atoms with Crippen molar-refractivity contribution in [2.75, 3.05) is 5.32 Å². The number of nitrogens with one attached hydrogen (secondary N) is 1. The maximum absolute atomic E-state index is 10.7. The van der Waals surface area contributed by atoms with E-state index in [-0.39, 0.29) is 0 Å². The first-order valence-corrected chi connectivity index (χ1v) is 5.63. The van der Waals surface area contributed by atoms with E-state index in [1.165, 1.54) is 0 Å². The highest BCUT2D eigenvalue weighted by molar-refractivity contribution is 6.06. The van der Waals surface area contributed by atoms with Crippen molar-refractivity contribution < 1.29 is 9.90 Å². The summed E-state index contributed by atoms with van der Waals surface area (Å²) in [6.45, 7) is 0. The third kappa shape index (κ3) is 1.76. The third-order valence-electron chi connectivity index (χ3n) is 2.98. The molecule has 0 fully saturated rings. The first-order valence-electron chi connectivity index (χ1n) is 5.63. The Labute approximate surface area is 104 Å². The Morgan fingerprint density at radius 1 is 0.833 bits per heavy atom. The minimum atomic E-state index is -1.30. The van der Waals surface area contributed by atoms with Crippen molar-refractivity contribution in [2.45, 2.75) is 0 Å². The molecule has 0 aliphatic carbocycles. The highest BCUT2D eigenvalue weighted by atomic mass is 16.4. The van der Waals surface area contributed by atoms with Crippen LogP contribution in [0.25, 0.3) is 21.5 Å². The summed E-state index contributed by atoms with van der Waals surface area (Å²) in [5, 5.41) is 17.1. The van der Waals surface area contributed by atoms with E-state index in [9.17, 15) is 9.90 Å². The van der Waals surface area contributed by atoms with Crippen LogP contribution in [0.4, 0.5) is 10.5 Å². The zero-order valence-electron chi connectivity index (χ0n) is 9.51. The monoisotopic (exact) mass is 236 g/mol. The van der Waals surface area contributed by atoms with Crippen molar-refractivity contribution in [3.8, 4) is 0 Å². The number of benzene rings is 3. The van der Waals surface area contributed by atoms with Crippen LogP contribution in [0, 0.1) is 0 Å². The topological polar surface area (TPSA) is 49.0 Å². The van der Waals surface area contributed by atoms with Gasteiger partial charge in [0.05, 0.1) is 5.69 Å². The number of rotatable bonds is 1. The van der Waals surface area contributed by atoms with Crippen LogP contribution in [-0.4, -0.2) is 6.09 Å². The molecule has 3 rings (SSSR count). The summed E-state index contributed by atoms with van der Waals surface area (Å²) in [4.78, 5) is 10.7. The van der Waals surface area contributed by atoms with Gasteiger partial charge in [-0.1, -0.05) is 36.4 Å². The Morgan fingerprint density at radius 2 is 1.50 bits per heavy atom. The largest absolute Gasteiger partial charge is 0.454 e. The molecule has 3 aromatic carbocycles. The van der Waals surface area contributed by atoms with Crippen LogP contribution < -0.4 is 5.32 Å². The molecule has 3 aromatic rings. The minimum Gasteiger partial charge on any atom is -0.288 e. The van der Waals surface area contributed by atoms with Crippen molar-refractivity contribution >= 4 is 33.3 Å². The van der Waals surface area contributed by atoms with Crippen molar-refractivity contribution in [1.82, 2.24) is 0 Å². The van der Waals surface area contributed by atoms with E-state index in [2.05, 4.69) is 5.32 Å². The molecule has 0 heterocycles. The molecular weight excluding hydrogens is 226 g/mol. The molecule has 0 atom stereocenters. The van der Waals surface area contributed by atoms with Gasteiger partial charge < -0.3 is 0 Å². The van der Waals surface area contributed by atoms with Gasteiger partial charge >= 0.3 is 6.09 Å². The standard InChI is InChI=1S/C15H10NO2/c17-15(18)16-14-7-3-6-12-8-10-4-1-2-5-11(10)9-13(12)14/h1-9,16H. The Bertz CT molecular complexity index is 750. The maximum Gasteiger partial charge on any atom is 0.454 e. The average Bonchev–Trinajstić information content (AvgIpc) is 2.36. The molecule has 0 bridgehead atoms. The van der Waals surface area contributed by atoms with Crippen molar-refractivity contribution in [1.29, 1.82) is 0 Å². The van der Waals surface area contributed by atoms with Crippen LogP contribution in [0.5, 0.6) is 0 Å². The predicted octanol–water partition coefficient (Wildman–Crippen LogP) is 3.96. The third-order valence-corrected chi connectivity index (χ3v) is 2.98. The SMILES string of the molecule is [O]C(=O)Nc1cccc2cc3ccccc3cc12. The Kier molecular flexibility index (Phi) is 2.38. The molecule has 0 saturated carbocycles. The van der Waals surface area contributed by atoms with E-state index in [4.69, 9.17) is 0 Å². The predicted molar refractivity (Wildman–Crippen MR) is 71.2 cm³/mol. The molecule has 0 aliphatic heterocycles. The van der Waals surface area contributed by atoms with Gasteiger partial charge in [-0.3, -0.25) is 5.32 Å². The molecule has 1 N–H and O–H groups in total. The number of hydrogen-bond donors (Lipinski definition) is 1. The van der Waals surface area contributed by atoms with Crippen molar-refractivity contribution in [2.24, 2.45) is 0 Å². The second-order valence-corrected chi connectivity index (χ2v) is 4.14. The molecule has 0 spiro atoms. The van der Waals surface area contributed by atoms with Gasteiger partial charge in [0.15, 0.2) is 0 Å². The molecular formula is C15H10NO2. The minimum absolute atomic E-state index is 0.554. The quantitative estimate of drug-likeness (QED) is 0.639. The van der Waals surface area contributed by atoms with E-state index in [0.29, 0.717) is 5.69 Å². The van der Waals surface area contributed by atoms with E-state index < -0.39 is 6.09 Å². The summed E-state index contributed by atoms with van der Waals surface area (Å²) in [6, 6.07) is 17.5. The first kappa shape index (κ1) is 10.6. The molecule has 87 valence electrons. The van der Waals surface area contributed by atoms with Gasteiger partial charge in [-0.25, -0.2) is 9.90 Å². The lowest BCUT2D eigenvalue weighted by atomic mass is 10.0. The second-order valence-electron chi connectivity index (χ2n) is 4.14. The molecule has 1 radical (unpaired) electrons. The summed E-state index contributed by atoms with van der Waals surface area (Å²) in [5.74, 6) is 0. The van der Waals surface area contributed by atoms with Gasteiger partial charge in [0.25, 0.3) is 0 Å². The Morgan fingerprint density at radius 3 is 2.22 bits per heavy atom. The summed E-state index contributed by atoms with van der Waals surface area (Å²) in [7, 11) is 0. The van der Waals surface area contributed by atoms with Gasteiger partial charge in [-0.15, -0.1) is 0 Å². The number of fused-ring (bicyclic) bond motifs is 2. The van der Waals surface area contributed by atoms with Crippen molar-refractivity contribution in [3.63, 3.8) is 0 Å². The number of carbonyl (C=O) groups excluding carboxylic acids is 1. The van der Waals surface area contributed by atoms with Crippen LogP contribution in [0.2, 0.25) is 0 Å². The summed E-state index contributed by atoms with van der Waals surface area (Å²) in [5.41, 5.74) is 0.554. The Hall–Kier alpha value is -2.55. The molecule has 18 heavy (non-hydrogen) atoms. The van der Waals surface area contributed by atoms with Gasteiger partial charge in [-0.2, -0.15) is 0 Å². The zero-order chi connectivity index (χ0) is 12.5. The summed E-state index contributed by atoms with van der Waals surface area (Å²) < 4.78 is 0. The molecule has 0 aliphatic rings. The van der Waals surface area contributed by atoms with Crippen LogP contribution in [0.3, 0.4) is 0 Å². The highest BCUT2D eigenvalue weighted by Gasteiger charge is 2.05. The Balaban J connectivity index is 2.32. The van der Waals surface area contributed by atoms with E-state index in [1.807, 2.05) is 48.5 Å². The number of anilines is 1. The molecule has 3 heteroatoms. The van der Waals surface area contributed by atoms with Crippen LogP contribution in [0.15, 0.2) is 54.6 Å². The highest BCUT2D eigenvalue weighted by Crippen LogP contribution is 2.28. The number of carbonyl (C=O) groups is 1. The van der Waals surface area contributed by atoms with Crippen molar-refractivity contribution in [3.05, 3.63) is 54.6 Å². The number of hydrogen-bond acceptors (Lipinski definition) is 1. The smallest absolute Gasteiger partial charge is 0.288 e. The van der Waals surface area contributed by atoms with E-state index in [1.54, 1.807) is 6.07 Å². The lowest BCUT2D eigenvalue weighted by Crippen LogP contribution is -2.05. The zero-order valence-corrected chi connectivity index (χ0v) is 9.51. The first-order chi connectivity index (χ1) is 8.74. The van der Waals surface area contributed by atoms with Gasteiger partial charge in [0.2, 0.25) is 0 Å². The van der Waals surface area contributed by atoms with Crippen LogP contribution >= 0.6 is 0 Å². The molecule has 1 amide bonds. The fourth-order valence-electron chi connectivity index (χ4n) is 2.19. The maximum atomic E-state index is 10.7. The fourth-order valence-corrected chi connectivity index (χ4v) is 2.19. The second kappa shape index (κ2) is 4.04. The lowest BCUT2D eigenvalue weighted by Gasteiger charge is -2.07.